The monoisotopic (exact) mass is 568 g/mol. The first-order chi connectivity index (χ1) is 18.1. The van der Waals surface area contributed by atoms with Crippen molar-refractivity contribution in [3.05, 3.63) is 36.3 Å². The Morgan fingerprint density at radius 3 is 2.76 bits per heavy atom. The van der Waals surface area contributed by atoms with Crippen LogP contribution < -0.4 is 20.8 Å². The lowest BCUT2D eigenvalue weighted by Crippen LogP contribution is -2.46. The molecule has 3 aromatic heterocycles. The summed E-state index contributed by atoms with van der Waals surface area (Å²) < 4.78 is 61.7. The fourth-order valence-corrected chi connectivity index (χ4v) is 5.43. The molecule has 0 saturated carbocycles. The van der Waals surface area contributed by atoms with Gasteiger partial charge in [0, 0.05) is 37.1 Å². The Balaban J connectivity index is 1.60. The number of ether oxygens (including phenoxy) is 1. The van der Waals surface area contributed by atoms with Crippen LogP contribution in [0.3, 0.4) is 0 Å². The molecular weight excluding hydrogens is 539 g/mol. The summed E-state index contributed by atoms with van der Waals surface area (Å²) >= 11 is -0.275. The zero-order valence-electron chi connectivity index (χ0n) is 21.4. The van der Waals surface area contributed by atoms with Crippen molar-refractivity contribution in [3.8, 4) is 17.6 Å². The SMILES string of the molecule is COc1cc(P(C)C)ncc1NCC#Cc1nc2c(NC3CCN(C)CC3F)cccn2c1SC(F)(F)F. The number of nitrogens with one attached hydrogen (secondary N) is 2. The van der Waals surface area contributed by atoms with E-state index >= 15 is 0 Å². The maximum absolute atomic E-state index is 14.6. The molecule has 1 saturated heterocycles. The van der Waals surface area contributed by atoms with E-state index in [-0.39, 0.29) is 41.2 Å². The van der Waals surface area contributed by atoms with Crippen LogP contribution in [0.25, 0.3) is 5.65 Å². The number of anilines is 2. The van der Waals surface area contributed by atoms with Gasteiger partial charge in [-0.05, 0) is 44.9 Å². The quantitative estimate of drug-likeness (QED) is 0.187. The van der Waals surface area contributed by atoms with Gasteiger partial charge in [0.05, 0.1) is 42.7 Å². The first kappa shape index (κ1) is 28.3. The molecule has 1 aliphatic heterocycles. The summed E-state index contributed by atoms with van der Waals surface area (Å²) in [6.07, 6.45) is 2.62. The molecule has 2 N–H and O–H groups in total. The van der Waals surface area contributed by atoms with Crippen molar-refractivity contribution in [1.82, 2.24) is 19.3 Å². The smallest absolute Gasteiger partial charge is 0.447 e. The van der Waals surface area contributed by atoms with Gasteiger partial charge in [0.1, 0.15) is 22.6 Å². The van der Waals surface area contributed by atoms with Gasteiger partial charge in [-0.2, -0.15) is 13.2 Å². The summed E-state index contributed by atoms with van der Waals surface area (Å²) in [5, 5.41) is 6.11. The molecule has 13 heteroatoms. The van der Waals surface area contributed by atoms with Crippen molar-refractivity contribution in [2.24, 2.45) is 0 Å². The summed E-state index contributed by atoms with van der Waals surface area (Å²) in [6.45, 7) is 5.32. The number of hydrogen-bond acceptors (Lipinski definition) is 7. The Hall–Kier alpha value is -2.74. The number of piperidine rings is 1. The molecule has 0 radical (unpaired) electrons. The Morgan fingerprint density at radius 1 is 1.29 bits per heavy atom. The van der Waals surface area contributed by atoms with Gasteiger partial charge < -0.3 is 20.3 Å². The van der Waals surface area contributed by atoms with Crippen molar-refractivity contribution in [2.75, 3.05) is 57.8 Å². The number of aromatic nitrogens is 3. The largest absolute Gasteiger partial charge is 0.494 e. The molecule has 0 bridgehead atoms. The minimum Gasteiger partial charge on any atom is -0.494 e. The molecule has 4 rings (SSSR count). The molecular formula is C25H29F4N6OPS. The average molecular weight is 569 g/mol. The number of likely N-dealkylation sites (tertiary alicyclic amines) is 1. The summed E-state index contributed by atoms with van der Waals surface area (Å²) in [5.74, 6) is 6.25. The van der Waals surface area contributed by atoms with Crippen molar-refractivity contribution in [3.63, 3.8) is 0 Å². The lowest BCUT2D eigenvalue weighted by molar-refractivity contribution is -0.0329. The summed E-state index contributed by atoms with van der Waals surface area (Å²) in [4.78, 5) is 10.8. The molecule has 1 aliphatic rings. The third-order valence-corrected chi connectivity index (χ3v) is 7.98. The average Bonchev–Trinajstić information content (AvgIpc) is 3.20. The van der Waals surface area contributed by atoms with Crippen LogP contribution in [0.2, 0.25) is 0 Å². The second-order valence-corrected chi connectivity index (χ2v) is 12.3. The third kappa shape index (κ3) is 6.82. The van der Waals surface area contributed by atoms with E-state index in [4.69, 9.17) is 4.74 Å². The maximum Gasteiger partial charge on any atom is 0.447 e. The molecule has 0 aromatic carbocycles. The number of methoxy groups -OCH3 is 1. The summed E-state index contributed by atoms with van der Waals surface area (Å²) in [5.41, 5.74) is -2.25. The molecule has 2 atom stereocenters. The number of fused-ring (bicyclic) bond motifs is 1. The number of halogens is 4. The van der Waals surface area contributed by atoms with Crippen molar-refractivity contribution < 1.29 is 22.3 Å². The first-order valence-electron chi connectivity index (χ1n) is 11.9. The van der Waals surface area contributed by atoms with Gasteiger partial charge in [-0.1, -0.05) is 13.8 Å². The Labute approximate surface area is 224 Å². The van der Waals surface area contributed by atoms with E-state index in [0.717, 1.165) is 12.0 Å². The van der Waals surface area contributed by atoms with Gasteiger partial charge in [-0.25, -0.2) is 9.37 Å². The first-order valence-corrected chi connectivity index (χ1v) is 14.9. The number of alkyl halides is 4. The van der Waals surface area contributed by atoms with Crippen LogP contribution in [-0.2, 0) is 0 Å². The highest BCUT2D eigenvalue weighted by molar-refractivity contribution is 8.00. The van der Waals surface area contributed by atoms with Crippen LogP contribution in [0.15, 0.2) is 35.6 Å². The van der Waals surface area contributed by atoms with E-state index in [0.29, 0.717) is 23.5 Å². The van der Waals surface area contributed by atoms with Crippen molar-refractivity contribution >= 4 is 42.1 Å². The second-order valence-electron chi connectivity index (χ2n) is 9.04. The van der Waals surface area contributed by atoms with Gasteiger partial charge in [-0.3, -0.25) is 9.38 Å². The molecule has 0 aliphatic carbocycles. The van der Waals surface area contributed by atoms with E-state index in [1.165, 1.54) is 10.6 Å². The predicted molar refractivity (Wildman–Crippen MR) is 146 cm³/mol. The molecule has 1 fully saturated rings. The van der Waals surface area contributed by atoms with E-state index in [1.807, 2.05) is 18.0 Å². The highest BCUT2D eigenvalue weighted by atomic mass is 32.2. The molecule has 7 nitrogen and oxygen atoms in total. The number of hydrogen-bond donors (Lipinski definition) is 2. The Bertz CT molecular complexity index is 1340. The topological polar surface area (TPSA) is 66.7 Å². The molecule has 0 amide bonds. The lowest BCUT2D eigenvalue weighted by atomic mass is 10.0. The molecule has 3 aromatic rings. The molecule has 4 heterocycles. The van der Waals surface area contributed by atoms with Crippen LogP contribution in [0.1, 0.15) is 12.1 Å². The number of imidazole rings is 1. The van der Waals surface area contributed by atoms with Crippen LogP contribution >= 0.6 is 19.7 Å². The zero-order valence-corrected chi connectivity index (χ0v) is 23.1. The van der Waals surface area contributed by atoms with Gasteiger partial charge >= 0.3 is 5.51 Å². The van der Waals surface area contributed by atoms with Crippen LogP contribution in [0.4, 0.5) is 28.9 Å². The second kappa shape index (κ2) is 12.0. The number of thioether (sulfide) groups is 1. The van der Waals surface area contributed by atoms with Crippen LogP contribution in [-0.4, -0.2) is 84.1 Å². The van der Waals surface area contributed by atoms with Gasteiger partial charge in [0.15, 0.2) is 5.65 Å². The normalized spacial score (nSPS) is 18.3. The van der Waals surface area contributed by atoms with E-state index < -0.39 is 25.6 Å². The summed E-state index contributed by atoms with van der Waals surface area (Å²) in [6, 6.07) is 4.70. The number of rotatable bonds is 7. The fourth-order valence-electron chi connectivity index (χ4n) is 4.11. The fraction of sp³-hybridized carbons (Fsp3) is 0.440. The standard InChI is InChI=1S/C25H29F4N6OPS/c1-34-12-9-17(16(26)15-34)32-18-8-6-11-35-23(18)33-19(24(35)38-25(27,28)29)7-5-10-30-20-14-31-22(37(3)4)13-21(20)36-2/h6,8,11,13-14,16-17,30,32H,9-10,12,15H2,1-4H3. The highest BCUT2D eigenvalue weighted by Gasteiger charge is 2.33. The van der Waals surface area contributed by atoms with Crippen molar-refractivity contribution in [1.29, 1.82) is 0 Å². The molecule has 38 heavy (non-hydrogen) atoms. The van der Waals surface area contributed by atoms with E-state index in [1.54, 1.807) is 25.4 Å². The molecule has 204 valence electrons. The summed E-state index contributed by atoms with van der Waals surface area (Å²) in [7, 11) is 3.02. The number of nitrogens with zero attached hydrogens (tertiary/aromatic N) is 4. The zero-order chi connectivity index (χ0) is 27.4. The third-order valence-electron chi connectivity index (χ3n) is 6.01. The Morgan fingerprint density at radius 2 is 2.08 bits per heavy atom. The minimum atomic E-state index is -4.54. The van der Waals surface area contributed by atoms with Gasteiger partial charge in [0.2, 0.25) is 0 Å². The number of pyridine rings is 2. The predicted octanol–water partition coefficient (Wildman–Crippen LogP) is 4.63. The Kier molecular flexibility index (Phi) is 8.91. The van der Waals surface area contributed by atoms with E-state index in [2.05, 4.69) is 45.8 Å². The van der Waals surface area contributed by atoms with Crippen LogP contribution in [0.5, 0.6) is 5.75 Å². The molecule has 2 unspecified atom stereocenters. The van der Waals surface area contributed by atoms with Gasteiger partial charge in [0.25, 0.3) is 0 Å². The minimum absolute atomic E-state index is 0.00778. The van der Waals surface area contributed by atoms with E-state index in [9.17, 15) is 17.6 Å². The molecule has 0 spiro atoms. The highest BCUT2D eigenvalue weighted by Crippen LogP contribution is 2.39. The van der Waals surface area contributed by atoms with Gasteiger partial charge in [-0.15, -0.1) is 0 Å². The van der Waals surface area contributed by atoms with Crippen LogP contribution in [0, 0.1) is 11.8 Å². The van der Waals surface area contributed by atoms with Crippen molar-refractivity contribution in [2.45, 2.75) is 29.2 Å². The lowest BCUT2D eigenvalue weighted by Gasteiger charge is -2.33. The maximum atomic E-state index is 14.6.